The van der Waals surface area contributed by atoms with Crippen LogP contribution < -0.4 is 4.72 Å². The number of benzene rings is 1. The number of hydrogen-bond acceptors (Lipinski definition) is 5. The van der Waals surface area contributed by atoms with E-state index < -0.39 is 20.7 Å². The molecular weight excluding hydrogens is 275 g/mol. The van der Waals surface area contributed by atoms with E-state index in [9.17, 15) is 12.8 Å². The zero-order chi connectivity index (χ0) is 13.9. The summed E-state index contributed by atoms with van der Waals surface area (Å²) in [6.45, 7) is -0.504. The Morgan fingerprint density at radius 1 is 1.37 bits per heavy atom. The van der Waals surface area contributed by atoms with Crippen molar-refractivity contribution in [1.29, 1.82) is 0 Å². The molecule has 1 aromatic heterocycles. The lowest BCUT2D eigenvalue weighted by Gasteiger charge is -2.07. The molecule has 1 aromatic carbocycles. The monoisotopic (exact) mass is 286 g/mol. The highest BCUT2D eigenvalue weighted by Crippen LogP contribution is 2.16. The van der Waals surface area contributed by atoms with Crippen LogP contribution in [0.4, 0.5) is 4.39 Å². The van der Waals surface area contributed by atoms with Gasteiger partial charge >= 0.3 is 0 Å². The predicted molar refractivity (Wildman–Crippen MR) is 62.9 cm³/mol. The van der Waals surface area contributed by atoms with Gasteiger partial charge in [-0.05, 0) is 17.7 Å². The van der Waals surface area contributed by atoms with Crippen LogP contribution in [0.5, 0.6) is 0 Å². The zero-order valence-corrected chi connectivity index (χ0v) is 10.5. The van der Waals surface area contributed by atoms with Crippen molar-refractivity contribution in [3.63, 3.8) is 0 Å². The summed E-state index contributed by atoms with van der Waals surface area (Å²) in [4.78, 5) is -0.515. The van der Waals surface area contributed by atoms with Crippen LogP contribution in [-0.2, 0) is 23.2 Å². The van der Waals surface area contributed by atoms with E-state index in [0.717, 1.165) is 12.1 Å². The molecule has 2 rings (SSSR count). The smallest absolute Gasteiger partial charge is 0.243 e. The van der Waals surface area contributed by atoms with E-state index in [1.807, 2.05) is 0 Å². The van der Waals surface area contributed by atoms with Gasteiger partial charge in [-0.1, -0.05) is 11.2 Å². The number of rotatable bonds is 5. The summed E-state index contributed by atoms with van der Waals surface area (Å²) in [6, 6.07) is 4.88. The average molecular weight is 286 g/mol. The molecule has 0 saturated carbocycles. The normalized spacial score (nSPS) is 11.7. The second-order valence-electron chi connectivity index (χ2n) is 3.73. The van der Waals surface area contributed by atoms with Crippen LogP contribution in [0.3, 0.4) is 0 Å². The molecule has 0 saturated heterocycles. The summed E-state index contributed by atoms with van der Waals surface area (Å²) in [7, 11) is -4.02. The fourth-order valence-corrected chi connectivity index (χ4v) is 2.55. The Balaban J connectivity index is 2.23. The van der Waals surface area contributed by atoms with E-state index >= 15 is 0 Å². The first kappa shape index (κ1) is 13.7. The van der Waals surface area contributed by atoms with Crippen molar-refractivity contribution in [2.75, 3.05) is 0 Å². The van der Waals surface area contributed by atoms with Gasteiger partial charge in [0.25, 0.3) is 0 Å². The topological polar surface area (TPSA) is 92.4 Å². The van der Waals surface area contributed by atoms with E-state index in [1.165, 1.54) is 18.3 Å². The van der Waals surface area contributed by atoms with Crippen molar-refractivity contribution in [1.82, 2.24) is 9.88 Å². The van der Waals surface area contributed by atoms with Crippen molar-refractivity contribution in [3.8, 4) is 0 Å². The Morgan fingerprint density at radius 2 is 2.16 bits per heavy atom. The minimum atomic E-state index is -4.02. The van der Waals surface area contributed by atoms with Gasteiger partial charge in [-0.25, -0.2) is 17.5 Å². The highest BCUT2D eigenvalue weighted by atomic mass is 32.2. The molecule has 0 aliphatic heterocycles. The minimum Gasteiger partial charge on any atom is -0.392 e. The average Bonchev–Trinajstić information content (AvgIpc) is 2.90. The summed E-state index contributed by atoms with van der Waals surface area (Å²) in [6.07, 6.45) is 1.37. The number of aromatic nitrogens is 1. The highest BCUT2D eigenvalue weighted by molar-refractivity contribution is 7.89. The Labute approximate surface area is 108 Å². The van der Waals surface area contributed by atoms with Crippen LogP contribution in [0.2, 0.25) is 0 Å². The highest BCUT2D eigenvalue weighted by Gasteiger charge is 2.19. The first-order valence-corrected chi connectivity index (χ1v) is 6.80. The Morgan fingerprint density at radius 3 is 2.79 bits per heavy atom. The summed E-state index contributed by atoms with van der Waals surface area (Å²) in [5, 5.41) is 12.4. The van der Waals surface area contributed by atoms with E-state index in [4.69, 9.17) is 9.63 Å². The van der Waals surface area contributed by atoms with Gasteiger partial charge in [0.15, 0.2) is 5.76 Å². The Hall–Kier alpha value is -1.77. The quantitative estimate of drug-likeness (QED) is 0.847. The van der Waals surface area contributed by atoms with Gasteiger partial charge in [0.2, 0.25) is 10.0 Å². The maximum Gasteiger partial charge on any atom is 0.243 e. The number of halogens is 1. The molecule has 0 aliphatic rings. The molecule has 2 N–H and O–H groups in total. The second-order valence-corrected chi connectivity index (χ2v) is 5.46. The van der Waals surface area contributed by atoms with Gasteiger partial charge in [-0.3, -0.25) is 0 Å². The molecule has 1 heterocycles. The molecule has 0 bridgehead atoms. The fraction of sp³-hybridized carbons (Fsp3) is 0.182. The SMILES string of the molecule is O=S(=O)(NCc1ccno1)c1cc(CO)ccc1F. The summed E-state index contributed by atoms with van der Waals surface area (Å²) in [5.74, 6) is -0.579. The van der Waals surface area contributed by atoms with Crippen LogP contribution in [0, 0.1) is 5.82 Å². The molecule has 0 radical (unpaired) electrons. The number of hydrogen-bond donors (Lipinski definition) is 2. The minimum absolute atomic E-state index is 0.134. The largest absolute Gasteiger partial charge is 0.392 e. The van der Waals surface area contributed by atoms with Crippen LogP contribution in [0.15, 0.2) is 39.9 Å². The lowest BCUT2D eigenvalue weighted by molar-refractivity contribution is 0.281. The molecule has 102 valence electrons. The van der Waals surface area contributed by atoms with E-state index in [2.05, 4.69) is 9.88 Å². The van der Waals surface area contributed by atoms with Gasteiger partial charge in [-0.15, -0.1) is 0 Å². The third-order valence-corrected chi connectivity index (χ3v) is 3.81. The van der Waals surface area contributed by atoms with E-state index in [1.54, 1.807) is 0 Å². The van der Waals surface area contributed by atoms with Gasteiger partial charge in [0.05, 0.1) is 19.3 Å². The molecule has 0 fully saturated rings. The third-order valence-electron chi connectivity index (χ3n) is 2.40. The maximum atomic E-state index is 13.5. The van der Waals surface area contributed by atoms with Crippen molar-refractivity contribution >= 4 is 10.0 Å². The van der Waals surface area contributed by atoms with E-state index in [0.29, 0.717) is 11.3 Å². The van der Waals surface area contributed by atoms with Crippen molar-refractivity contribution < 1.29 is 22.4 Å². The molecule has 6 nitrogen and oxygen atoms in total. The summed E-state index contributed by atoms with van der Waals surface area (Å²) >= 11 is 0. The van der Waals surface area contributed by atoms with Crippen LogP contribution in [-0.4, -0.2) is 18.7 Å². The molecule has 0 amide bonds. The van der Waals surface area contributed by atoms with Crippen molar-refractivity contribution in [2.45, 2.75) is 18.0 Å². The number of nitrogens with one attached hydrogen (secondary N) is 1. The second kappa shape index (κ2) is 5.47. The van der Waals surface area contributed by atoms with E-state index in [-0.39, 0.29) is 13.2 Å². The third kappa shape index (κ3) is 3.16. The fourth-order valence-electron chi connectivity index (χ4n) is 1.43. The van der Waals surface area contributed by atoms with Crippen molar-refractivity contribution in [3.05, 3.63) is 47.6 Å². The van der Waals surface area contributed by atoms with Crippen LogP contribution >= 0.6 is 0 Å². The van der Waals surface area contributed by atoms with Crippen LogP contribution in [0.1, 0.15) is 11.3 Å². The standard InChI is InChI=1S/C11H11FN2O4S/c12-10-2-1-8(7-15)5-11(10)19(16,17)14-6-9-3-4-13-18-9/h1-5,14-15H,6-7H2. The molecule has 8 heteroatoms. The number of nitrogens with zero attached hydrogens (tertiary/aromatic N) is 1. The van der Waals surface area contributed by atoms with Gasteiger partial charge in [0, 0.05) is 6.07 Å². The predicted octanol–water partition coefficient (Wildman–Crippen LogP) is 0.785. The molecule has 0 aliphatic carbocycles. The Kier molecular flexibility index (Phi) is 3.93. The maximum absolute atomic E-state index is 13.5. The lowest BCUT2D eigenvalue weighted by Crippen LogP contribution is -2.24. The first-order chi connectivity index (χ1) is 9.03. The summed E-state index contributed by atoms with van der Waals surface area (Å²) < 4.78 is 44.3. The van der Waals surface area contributed by atoms with Crippen LogP contribution in [0.25, 0.3) is 0 Å². The Bertz CT molecular complexity index is 655. The van der Waals surface area contributed by atoms with Gasteiger partial charge in [0.1, 0.15) is 10.7 Å². The first-order valence-electron chi connectivity index (χ1n) is 5.31. The molecule has 0 spiro atoms. The number of sulfonamides is 1. The molecule has 2 aromatic rings. The zero-order valence-electron chi connectivity index (χ0n) is 9.71. The molecule has 0 atom stereocenters. The molecular formula is C11H11FN2O4S. The summed E-state index contributed by atoms with van der Waals surface area (Å²) in [5.41, 5.74) is 0.307. The lowest BCUT2D eigenvalue weighted by atomic mass is 10.2. The molecule has 19 heavy (non-hydrogen) atoms. The van der Waals surface area contributed by atoms with Gasteiger partial charge in [-0.2, -0.15) is 0 Å². The molecule has 0 unspecified atom stereocenters. The van der Waals surface area contributed by atoms with Gasteiger partial charge < -0.3 is 9.63 Å². The number of aliphatic hydroxyl groups excluding tert-OH is 1. The number of aliphatic hydroxyl groups is 1. The van der Waals surface area contributed by atoms with Crippen molar-refractivity contribution in [2.24, 2.45) is 0 Å².